The van der Waals surface area contributed by atoms with Crippen molar-refractivity contribution >= 4 is 0 Å². The zero-order chi connectivity index (χ0) is 10.2. The van der Waals surface area contributed by atoms with Gasteiger partial charge in [0.1, 0.15) is 5.82 Å². The van der Waals surface area contributed by atoms with Crippen LogP contribution in [0.15, 0.2) is 0 Å². The SMILES string of the molecule is CC(C)c1nc(C(C)(C)C)nn1C. The van der Waals surface area contributed by atoms with Crippen LogP contribution in [-0.4, -0.2) is 14.8 Å². The highest BCUT2D eigenvalue weighted by molar-refractivity contribution is 5.05. The summed E-state index contributed by atoms with van der Waals surface area (Å²) in [7, 11) is 1.96. The lowest BCUT2D eigenvalue weighted by Gasteiger charge is -2.12. The minimum Gasteiger partial charge on any atom is -0.253 e. The molecule has 3 heteroatoms. The van der Waals surface area contributed by atoms with Gasteiger partial charge in [0.2, 0.25) is 0 Å². The first-order valence-corrected chi connectivity index (χ1v) is 4.74. The second kappa shape index (κ2) is 3.13. The largest absolute Gasteiger partial charge is 0.253 e. The molecule has 0 aliphatic rings. The third-order valence-electron chi connectivity index (χ3n) is 1.98. The van der Waals surface area contributed by atoms with Crippen LogP contribution in [0.25, 0.3) is 0 Å². The minimum atomic E-state index is 0.0465. The van der Waals surface area contributed by atoms with Gasteiger partial charge in [-0.1, -0.05) is 34.6 Å². The van der Waals surface area contributed by atoms with Crippen LogP contribution in [0.2, 0.25) is 0 Å². The fourth-order valence-corrected chi connectivity index (χ4v) is 1.22. The van der Waals surface area contributed by atoms with E-state index in [1.807, 2.05) is 11.7 Å². The van der Waals surface area contributed by atoms with Crippen LogP contribution in [0, 0.1) is 0 Å². The molecular weight excluding hydrogens is 162 g/mol. The van der Waals surface area contributed by atoms with Gasteiger partial charge in [-0.05, 0) is 0 Å². The van der Waals surface area contributed by atoms with Crippen molar-refractivity contribution in [1.29, 1.82) is 0 Å². The molecule has 0 radical (unpaired) electrons. The highest BCUT2D eigenvalue weighted by atomic mass is 15.3. The van der Waals surface area contributed by atoms with E-state index in [9.17, 15) is 0 Å². The fraction of sp³-hybridized carbons (Fsp3) is 0.800. The zero-order valence-electron chi connectivity index (χ0n) is 9.42. The summed E-state index contributed by atoms with van der Waals surface area (Å²) >= 11 is 0. The molecule has 0 bridgehead atoms. The molecule has 0 unspecified atom stereocenters. The van der Waals surface area contributed by atoms with E-state index in [0.717, 1.165) is 11.6 Å². The van der Waals surface area contributed by atoms with Crippen LogP contribution in [0.5, 0.6) is 0 Å². The normalized spacial score (nSPS) is 12.5. The van der Waals surface area contributed by atoms with Crippen LogP contribution >= 0.6 is 0 Å². The number of hydrogen-bond donors (Lipinski definition) is 0. The fourth-order valence-electron chi connectivity index (χ4n) is 1.22. The smallest absolute Gasteiger partial charge is 0.156 e. The van der Waals surface area contributed by atoms with Gasteiger partial charge in [-0.2, -0.15) is 5.10 Å². The Morgan fingerprint density at radius 2 is 1.77 bits per heavy atom. The third kappa shape index (κ3) is 2.08. The molecule has 0 spiro atoms. The lowest BCUT2D eigenvalue weighted by molar-refractivity contribution is 0.538. The Labute approximate surface area is 80.2 Å². The van der Waals surface area contributed by atoms with Crippen molar-refractivity contribution in [2.45, 2.75) is 46.0 Å². The van der Waals surface area contributed by atoms with E-state index in [-0.39, 0.29) is 5.41 Å². The van der Waals surface area contributed by atoms with E-state index in [2.05, 4.69) is 44.7 Å². The van der Waals surface area contributed by atoms with Crippen LogP contribution in [0.4, 0.5) is 0 Å². The number of hydrogen-bond acceptors (Lipinski definition) is 2. The van der Waals surface area contributed by atoms with Gasteiger partial charge >= 0.3 is 0 Å². The Morgan fingerprint density at radius 1 is 1.23 bits per heavy atom. The summed E-state index contributed by atoms with van der Waals surface area (Å²) in [4.78, 5) is 4.53. The van der Waals surface area contributed by atoms with Gasteiger partial charge in [0.15, 0.2) is 5.82 Å². The molecule has 0 aromatic carbocycles. The first kappa shape index (κ1) is 10.2. The van der Waals surface area contributed by atoms with Gasteiger partial charge in [0.05, 0.1) is 0 Å². The molecule has 3 nitrogen and oxygen atoms in total. The van der Waals surface area contributed by atoms with Crippen molar-refractivity contribution in [2.24, 2.45) is 7.05 Å². The standard InChI is InChI=1S/C10H19N3/c1-7(2)8-11-9(10(3,4)5)12-13(8)6/h7H,1-6H3. The average molecular weight is 181 g/mol. The summed E-state index contributed by atoms with van der Waals surface area (Å²) in [6.45, 7) is 10.7. The summed E-state index contributed by atoms with van der Waals surface area (Å²) < 4.78 is 1.88. The molecular formula is C10H19N3. The van der Waals surface area contributed by atoms with Crippen molar-refractivity contribution < 1.29 is 0 Å². The van der Waals surface area contributed by atoms with Crippen LogP contribution in [-0.2, 0) is 12.5 Å². The van der Waals surface area contributed by atoms with Gasteiger partial charge in [0, 0.05) is 18.4 Å². The van der Waals surface area contributed by atoms with Crippen LogP contribution in [0.1, 0.15) is 52.2 Å². The van der Waals surface area contributed by atoms with Crippen LogP contribution < -0.4 is 0 Å². The minimum absolute atomic E-state index is 0.0465. The van der Waals surface area contributed by atoms with Gasteiger partial charge in [0.25, 0.3) is 0 Å². The van der Waals surface area contributed by atoms with Gasteiger partial charge in [-0.25, -0.2) is 4.98 Å². The molecule has 0 saturated carbocycles. The average Bonchev–Trinajstić information content (AvgIpc) is 2.29. The maximum Gasteiger partial charge on any atom is 0.156 e. The van der Waals surface area contributed by atoms with E-state index in [0.29, 0.717) is 5.92 Å². The molecule has 1 aromatic rings. The van der Waals surface area contributed by atoms with Crippen molar-refractivity contribution in [3.05, 3.63) is 11.6 Å². The monoisotopic (exact) mass is 181 g/mol. The van der Waals surface area contributed by atoms with E-state index in [4.69, 9.17) is 0 Å². The highest BCUT2D eigenvalue weighted by Gasteiger charge is 2.21. The van der Waals surface area contributed by atoms with E-state index >= 15 is 0 Å². The maximum atomic E-state index is 4.53. The number of aryl methyl sites for hydroxylation is 1. The van der Waals surface area contributed by atoms with Crippen molar-refractivity contribution in [3.63, 3.8) is 0 Å². The molecule has 0 aliphatic carbocycles. The number of nitrogens with zero attached hydrogens (tertiary/aromatic N) is 3. The molecule has 74 valence electrons. The zero-order valence-corrected chi connectivity index (χ0v) is 9.42. The molecule has 0 N–H and O–H groups in total. The Morgan fingerprint density at radius 3 is 2.00 bits per heavy atom. The Bertz CT molecular complexity index is 292. The molecule has 0 atom stereocenters. The third-order valence-corrected chi connectivity index (χ3v) is 1.98. The molecule has 0 fully saturated rings. The molecule has 13 heavy (non-hydrogen) atoms. The molecule has 0 saturated heterocycles. The topological polar surface area (TPSA) is 30.7 Å². The van der Waals surface area contributed by atoms with Gasteiger partial charge in [-0.3, -0.25) is 4.68 Å². The summed E-state index contributed by atoms with van der Waals surface area (Å²) in [5.74, 6) is 2.43. The molecule has 0 aliphatic heterocycles. The Balaban J connectivity index is 3.10. The van der Waals surface area contributed by atoms with Crippen LogP contribution in [0.3, 0.4) is 0 Å². The Hall–Kier alpha value is -0.860. The summed E-state index contributed by atoms with van der Waals surface area (Å²) in [6.07, 6.45) is 0. The van der Waals surface area contributed by atoms with Crippen molar-refractivity contribution in [1.82, 2.24) is 14.8 Å². The van der Waals surface area contributed by atoms with E-state index < -0.39 is 0 Å². The molecule has 0 amide bonds. The maximum absolute atomic E-state index is 4.53. The van der Waals surface area contributed by atoms with Gasteiger partial charge in [-0.15, -0.1) is 0 Å². The lowest BCUT2D eigenvalue weighted by Crippen LogP contribution is -2.13. The number of rotatable bonds is 1. The summed E-state index contributed by atoms with van der Waals surface area (Å²) in [6, 6.07) is 0. The van der Waals surface area contributed by atoms with Gasteiger partial charge < -0.3 is 0 Å². The molecule has 1 aromatic heterocycles. The number of aromatic nitrogens is 3. The molecule has 1 heterocycles. The van der Waals surface area contributed by atoms with Crippen molar-refractivity contribution in [3.8, 4) is 0 Å². The van der Waals surface area contributed by atoms with Crippen molar-refractivity contribution in [2.75, 3.05) is 0 Å². The quantitative estimate of drug-likeness (QED) is 0.665. The first-order chi connectivity index (χ1) is 5.82. The Kier molecular flexibility index (Phi) is 2.46. The molecule has 1 rings (SSSR count). The highest BCUT2D eigenvalue weighted by Crippen LogP contribution is 2.20. The lowest BCUT2D eigenvalue weighted by atomic mass is 9.96. The predicted octanol–water partition coefficient (Wildman–Crippen LogP) is 2.24. The summed E-state index contributed by atoms with van der Waals surface area (Å²) in [5, 5.41) is 4.41. The predicted molar refractivity (Wildman–Crippen MR) is 53.8 cm³/mol. The second-order valence-corrected chi connectivity index (χ2v) is 4.82. The summed E-state index contributed by atoms with van der Waals surface area (Å²) in [5.41, 5.74) is 0.0465. The second-order valence-electron chi connectivity index (χ2n) is 4.82. The van der Waals surface area contributed by atoms with E-state index in [1.165, 1.54) is 0 Å². The first-order valence-electron chi connectivity index (χ1n) is 4.74. The van der Waals surface area contributed by atoms with E-state index in [1.54, 1.807) is 0 Å².